The second-order valence-corrected chi connectivity index (χ2v) is 11.2. The van der Waals surface area contributed by atoms with Gasteiger partial charge in [0.1, 0.15) is 25.0 Å². The number of likely N-dealkylation sites (tertiary alicyclic amines) is 1. The highest BCUT2D eigenvalue weighted by Crippen LogP contribution is 2.35. The number of alkyl halides is 4. The van der Waals surface area contributed by atoms with Gasteiger partial charge in [0.05, 0.1) is 23.8 Å². The number of halogens is 4. The van der Waals surface area contributed by atoms with E-state index in [0.29, 0.717) is 30.6 Å². The summed E-state index contributed by atoms with van der Waals surface area (Å²) in [6.45, 7) is 3.69. The standard InChI is InChI=1S/C28H36F4N8O3/c1-27(2,16-42-4)35-10-8-19(33)26(41)34-13-24-37-25(38-43-24)23-12-17-20(36-21-9-11-39(3)14-18(21)29)6-5-7-22(17)40(23)15-28(30,31)32/h5-8,10,12,18,21,36H,9,11,13-16,33H2,1-4H3,(H,34,41)/p+1/b19-8-,35-10?/t18-,21+/m0/s1. The lowest BCUT2D eigenvalue weighted by molar-refractivity contribution is -0.543. The minimum Gasteiger partial charge on any atom is -0.394 e. The van der Waals surface area contributed by atoms with Gasteiger partial charge in [-0.25, -0.2) is 9.38 Å². The van der Waals surface area contributed by atoms with Gasteiger partial charge in [0.25, 0.3) is 5.91 Å². The molecule has 3 aromatic rings. The molecular formula is C28H37F4N8O3+. The summed E-state index contributed by atoms with van der Waals surface area (Å²) in [6.07, 6.45) is -2.21. The highest BCUT2D eigenvalue weighted by molar-refractivity contribution is 5.96. The van der Waals surface area contributed by atoms with Crippen LogP contribution in [0.15, 0.2) is 40.6 Å². The third kappa shape index (κ3) is 8.32. The van der Waals surface area contributed by atoms with E-state index in [1.54, 1.807) is 25.3 Å². The summed E-state index contributed by atoms with van der Waals surface area (Å²) >= 11 is 0. The van der Waals surface area contributed by atoms with E-state index in [4.69, 9.17) is 15.0 Å². The van der Waals surface area contributed by atoms with Crippen LogP contribution in [0.4, 0.5) is 23.2 Å². The largest absolute Gasteiger partial charge is 0.406 e. The Labute approximate surface area is 246 Å². The molecular weight excluding hydrogens is 572 g/mol. The number of carbonyl (C=O) groups is 1. The third-order valence-electron chi connectivity index (χ3n) is 6.97. The number of nitrogens with zero attached hydrogens (tertiary/aromatic N) is 4. The van der Waals surface area contributed by atoms with Gasteiger partial charge in [-0.15, -0.1) is 0 Å². The second kappa shape index (κ2) is 13.1. The first-order valence-corrected chi connectivity index (χ1v) is 13.7. The average Bonchev–Trinajstić information content (AvgIpc) is 3.53. The van der Waals surface area contributed by atoms with E-state index in [1.807, 2.05) is 25.8 Å². The van der Waals surface area contributed by atoms with Crippen LogP contribution in [-0.4, -0.2) is 89.5 Å². The van der Waals surface area contributed by atoms with Crippen molar-refractivity contribution in [3.63, 3.8) is 0 Å². The highest BCUT2D eigenvalue weighted by Gasteiger charge is 2.32. The minimum absolute atomic E-state index is 0.0340. The summed E-state index contributed by atoms with van der Waals surface area (Å²) in [6, 6.07) is 5.91. The van der Waals surface area contributed by atoms with Gasteiger partial charge < -0.3 is 35.1 Å². The monoisotopic (exact) mass is 609 g/mol. The van der Waals surface area contributed by atoms with Crippen LogP contribution >= 0.6 is 0 Å². The second-order valence-electron chi connectivity index (χ2n) is 11.2. The maximum absolute atomic E-state index is 14.7. The van der Waals surface area contributed by atoms with Crippen LogP contribution in [0.1, 0.15) is 26.2 Å². The lowest BCUT2D eigenvalue weighted by Crippen LogP contribution is -2.84. The lowest BCUT2D eigenvalue weighted by Gasteiger charge is -2.33. The molecule has 1 aromatic carbocycles. The van der Waals surface area contributed by atoms with Crippen molar-refractivity contribution in [3.8, 4) is 11.5 Å². The summed E-state index contributed by atoms with van der Waals surface area (Å²) in [5.41, 5.74) is 6.21. The van der Waals surface area contributed by atoms with Crippen molar-refractivity contribution in [2.24, 2.45) is 5.73 Å². The van der Waals surface area contributed by atoms with Gasteiger partial charge in [0.2, 0.25) is 11.7 Å². The zero-order valence-corrected chi connectivity index (χ0v) is 24.5. The van der Waals surface area contributed by atoms with Crippen molar-refractivity contribution in [1.82, 2.24) is 24.9 Å². The number of amides is 1. The first-order chi connectivity index (χ1) is 20.3. The number of nitrogens with one attached hydrogen (secondary N) is 3. The molecule has 3 heterocycles. The molecule has 0 radical (unpaired) electrons. The predicted octanol–water partition coefficient (Wildman–Crippen LogP) is 1.74. The number of nitrogens with two attached hydrogens (primary N) is 1. The smallest absolute Gasteiger partial charge is 0.394 e. The number of ether oxygens (including phenoxy) is 1. The molecule has 43 heavy (non-hydrogen) atoms. The van der Waals surface area contributed by atoms with Crippen molar-refractivity contribution in [2.75, 3.05) is 39.2 Å². The normalized spacial score (nSPS) is 18.9. The van der Waals surface area contributed by atoms with Crippen molar-refractivity contribution in [3.05, 3.63) is 41.9 Å². The molecule has 1 fully saturated rings. The zero-order chi connectivity index (χ0) is 31.4. The number of anilines is 1. The molecule has 2 atom stereocenters. The third-order valence-corrected chi connectivity index (χ3v) is 6.97. The lowest BCUT2D eigenvalue weighted by atomic mass is 10.0. The molecule has 0 unspecified atom stereocenters. The van der Waals surface area contributed by atoms with Gasteiger partial charge in [-0.05, 0) is 31.7 Å². The Morgan fingerprint density at radius 3 is 2.79 bits per heavy atom. The summed E-state index contributed by atoms with van der Waals surface area (Å²) in [5.74, 6) is -0.739. The number of hydrogen-bond acceptors (Lipinski definition) is 8. The highest BCUT2D eigenvalue weighted by atomic mass is 19.4. The van der Waals surface area contributed by atoms with Gasteiger partial charge >= 0.3 is 6.18 Å². The molecule has 1 aliphatic heterocycles. The van der Waals surface area contributed by atoms with Crippen molar-refractivity contribution in [1.29, 1.82) is 0 Å². The summed E-state index contributed by atoms with van der Waals surface area (Å²) in [5, 5.41) is 10.1. The number of hydrogen-bond donors (Lipinski definition) is 4. The maximum atomic E-state index is 14.7. The molecule has 234 valence electrons. The number of fused-ring (bicyclic) bond motifs is 1. The Morgan fingerprint density at radius 1 is 1.33 bits per heavy atom. The average molecular weight is 610 g/mol. The van der Waals surface area contributed by atoms with Crippen molar-refractivity contribution in [2.45, 2.75) is 57.3 Å². The van der Waals surface area contributed by atoms with Crippen LogP contribution in [-0.2, 0) is 22.6 Å². The fourth-order valence-corrected chi connectivity index (χ4v) is 4.89. The first-order valence-electron chi connectivity index (χ1n) is 13.7. The van der Waals surface area contributed by atoms with Crippen LogP contribution in [0.5, 0.6) is 0 Å². The first kappa shape index (κ1) is 31.9. The Hall–Kier alpha value is -3.98. The number of rotatable bonds is 11. The Morgan fingerprint density at radius 2 is 2.09 bits per heavy atom. The van der Waals surface area contributed by atoms with Crippen molar-refractivity contribution < 1.29 is 36.6 Å². The SMILES string of the molecule is COCC(C)(C)[NH+]=C/C=C(\N)C(=O)NCc1nc(-c2cc3c(N[C@@H]4CCN(C)C[C@@H]4F)cccc3n2CC(F)(F)F)no1. The number of aromatic nitrogens is 3. The molecule has 0 bridgehead atoms. The fraction of sp³-hybridized carbons (Fsp3) is 0.500. The topological polar surface area (TPSA) is 137 Å². The van der Waals surface area contributed by atoms with E-state index < -0.39 is 30.8 Å². The number of methoxy groups -OCH3 is 1. The number of allylic oxidation sites excluding steroid dienone is 1. The van der Waals surface area contributed by atoms with E-state index in [9.17, 15) is 22.4 Å². The fourth-order valence-electron chi connectivity index (χ4n) is 4.89. The molecule has 4 rings (SSSR count). The van der Waals surface area contributed by atoms with Gasteiger partial charge in [0, 0.05) is 51.2 Å². The molecule has 0 aliphatic carbocycles. The summed E-state index contributed by atoms with van der Waals surface area (Å²) in [7, 11) is 3.42. The molecule has 0 spiro atoms. The molecule has 5 N–H and O–H groups in total. The molecule has 11 nitrogen and oxygen atoms in total. The molecule has 1 aliphatic rings. The molecule has 1 saturated heterocycles. The summed E-state index contributed by atoms with van der Waals surface area (Å²) < 4.78 is 67.1. The minimum atomic E-state index is -4.54. The van der Waals surface area contributed by atoms with E-state index in [0.717, 1.165) is 4.57 Å². The zero-order valence-electron chi connectivity index (χ0n) is 24.5. The molecule has 0 saturated carbocycles. The number of carbonyl (C=O) groups excluding carboxylic acids is 1. The van der Waals surface area contributed by atoms with Crippen molar-refractivity contribution >= 4 is 28.7 Å². The van der Waals surface area contributed by atoms with Gasteiger partial charge in [0.15, 0.2) is 11.8 Å². The quantitative estimate of drug-likeness (QED) is 0.147. The van der Waals surface area contributed by atoms with Crippen LogP contribution in [0.25, 0.3) is 22.4 Å². The van der Waals surface area contributed by atoms with E-state index >= 15 is 0 Å². The van der Waals surface area contributed by atoms with E-state index in [1.165, 1.54) is 18.4 Å². The molecule has 15 heteroatoms. The van der Waals surface area contributed by atoms with E-state index in [2.05, 4.69) is 25.8 Å². The van der Waals surface area contributed by atoms with E-state index in [-0.39, 0.29) is 47.3 Å². The Bertz CT molecular complexity index is 1480. The molecule has 1 amide bonds. The van der Waals surface area contributed by atoms with Crippen LogP contribution in [0, 0.1) is 0 Å². The number of benzene rings is 1. The van der Waals surface area contributed by atoms with Crippen LogP contribution in [0.2, 0.25) is 0 Å². The van der Waals surface area contributed by atoms with Gasteiger partial charge in [-0.3, -0.25) is 4.79 Å². The number of piperidine rings is 1. The van der Waals surface area contributed by atoms with Gasteiger partial charge in [-0.2, -0.15) is 18.2 Å². The van der Waals surface area contributed by atoms with Crippen LogP contribution < -0.4 is 21.4 Å². The summed E-state index contributed by atoms with van der Waals surface area (Å²) in [4.78, 5) is 21.6. The van der Waals surface area contributed by atoms with Crippen LogP contribution in [0.3, 0.4) is 0 Å². The Balaban J connectivity index is 1.54. The predicted molar refractivity (Wildman–Crippen MR) is 153 cm³/mol. The Kier molecular flexibility index (Phi) is 9.75. The maximum Gasteiger partial charge on any atom is 0.406 e. The molecule has 2 aromatic heterocycles. The van der Waals surface area contributed by atoms with Gasteiger partial charge in [-0.1, -0.05) is 11.2 Å².